The van der Waals surface area contributed by atoms with Crippen LogP contribution in [0, 0.1) is 0 Å². The maximum absolute atomic E-state index is 11.7. The Morgan fingerprint density at radius 1 is 1.47 bits per heavy atom. The Morgan fingerprint density at radius 3 is 2.65 bits per heavy atom. The molecular formula is C12H14ClNO3. The summed E-state index contributed by atoms with van der Waals surface area (Å²) in [6, 6.07) is 7.04. The number of carbonyl (C=O) groups excluding carboxylic acids is 1. The SMILES string of the molecule is CC(Oc1ccc(Cl)cc1)C(=O)NC1COC1. The van der Waals surface area contributed by atoms with Gasteiger partial charge in [0.1, 0.15) is 5.75 Å². The molecule has 1 heterocycles. The molecule has 1 saturated heterocycles. The smallest absolute Gasteiger partial charge is 0.261 e. The summed E-state index contributed by atoms with van der Waals surface area (Å²) in [4.78, 5) is 11.7. The quantitative estimate of drug-likeness (QED) is 0.890. The standard InChI is InChI=1S/C12H14ClNO3/c1-8(12(15)14-10-6-16-7-10)17-11-4-2-9(13)3-5-11/h2-5,8,10H,6-7H2,1H3,(H,14,15). The molecule has 0 saturated carbocycles. The number of amides is 1. The van der Waals surface area contributed by atoms with E-state index in [0.29, 0.717) is 24.0 Å². The molecule has 92 valence electrons. The van der Waals surface area contributed by atoms with Gasteiger partial charge in [0.2, 0.25) is 0 Å². The van der Waals surface area contributed by atoms with Crippen LogP contribution in [0.2, 0.25) is 5.02 Å². The largest absolute Gasteiger partial charge is 0.481 e. The van der Waals surface area contributed by atoms with Gasteiger partial charge in [0, 0.05) is 5.02 Å². The number of nitrogens with one attached hydrogen (secondary N) is 1. The third-order valence-corrected chi connectivity index (χ3v) is 2.73. The lowest BCUT2D eigenvalue weighted by Crippen LogP contribution is -2.51. The molecule has 1 unspecified atom stereocenters. The molecule has 5 heteroatoms. The van der Waals surface area contributed by atoms with Gasteiger partial charge in [-0.3, -0.25) is 4.79 Å². The van der Waals surface area contributed by atoms with E-state index in [-0.39, 0.29) is 11.9 Å². The lowest BCUT2D eigenvalue weighted by Gasteiger charge is -2.28. The normalized spacial score (nSPS) is 17.1. The Balaban J connectivity index is 1.84. The van der Waals surface area contributed by atoms with Crippen molar-refractivity contribution < 1.29 is 14.3 Å². The van der Waals surface area contributed by atoms with Gasteiger partial charge in [-0.15, -0.1) is 0 Å². The van der Waals surface area contributed by atoms with Crippen molar-refractivity contribution in [3.05, 3.63) is 29.3 Å². The van der Waals surface area contributed by atoms with E-state index in [1.54, 1.807) is 31.2 Å². The Morgan fingerprint density at radius 2 is 2.12 bits per heavy atom. The highest BCUT2D eigenvalue weighted by Gasteiger charge is 2.23. The Hall–Kier alpha value is -1.26. The van der Waals surface area contributed by atoms with Crippen LogP contribution in [0.25, 0.3) is 0 Å². The topological polar surface area (TPSA) is 47.6 Å². The summed E-state index contributed by atoms with van der Waals surface area (Å²) < 4.78 is 10.5. The highest BCUT2D eigenvalue weighted by molar-refractivity contribution is 6.30. The van der Waals surface area contributed by atoms with Gasteiger partial charge in [-0.05, 0) is 31.2 Å². The van der Waals surface area contributed by atoms with Crippen LogP contribution in [0.5, 0.6) is 5.75 Å². The van der Waals surface area contributed by atoms with Crippen LogP contribution in [0.15, 0.2) is 24.3 Å². The van der Waals surface area contributed by atoms with Crippen molar-refractivity contribution in [2.75, 3.05) is 13.2 Å². The van der Waals surface area contributed by atoms with Gasteiger partial charge < -0.3 is 14.8 Å². The minimum absolute atomic E-state index is 0.124. The number of hydrogen-bond acceptors (Lipinski definition) is 3. The number of hydrogen-bond donors (Lipinski definition) is 1. The molecule has 0 radical (unpaired) electrons. The van der Waals surface area contributed by atoms with Crippen molar-refractivity contribution >= 4 is 17.5 Å². The first-order valence-corrected chi connectivity index (χ1v) is 5.83. The van der Waals surface area contributed by atoms with Crippen LogP contribution in [-0.4, -0.2) is 31.3 Å². The summed E-state index contributed by atoms with van der Waals surface area (Å²) in [5, 5.41) is 3.47. The Bertz CT molecular complexity index is 389. The summed E-state index contributed by atoms with van der Waals surface area (Å²) in [5.41, 5.74) is 0. The number of carbonyl (C=O) groups is 1. The molecule has 1 aromatic carbocycles. The molecule has 1 aromatic rings. The van der Waals surface area contributed by atoms with E-state index in [1.165, 1.54) is 0 Å². The number of ether oxygens (including phenoxy) is 2. The third-order valence-electron chi connectivity index (χ3n) is 2.48. The molecule has 0 bridgehead atoms. The first kappa shape index (κ1) is 12.2. The predicted octanol–water partition coefficient (Wildman–Crippen LogP) is 1.62. The first-order valence-electron chi connectivity index (χ1n) is 5.45. The number of halogens is 1. The molecule has 1 fully saturated rings. The molecule has 1 N–H and O–H groups in total. The van der Waals surface area contributed by atoms with Crippen LogP contribution < -0.4 is 10.1 Å². The van der Waals surface area contributed by atoms with Crippen molar-refractivity contribution in [2.45, 2.75) is 19.1 Å². The van der Waals surface area contributed by atoms with Crippen LogP contribution in [-0.2, 0) is 9.53 Å². The van der Waals surface area contributed by atoms with Gasteiger partial charge >= 0.3 is 0 Å². The zero-order chi connectivity index (χ0) is 12.3. The fourth-order valence-electron chi connectivity index (χ4n) is 1.41. The zero-order valence-corrected chi connectivity index (χ0v) is 10.2. The van der Waals surface area contributed by atoms with E-state index in [9.17, 15) is 4.79 Å². The van der Waals surface area contributed by atoms with Crippen LogP contribution in [0.1, 0.15) is 6.92 Å². The van der Waals surface area contributed by atoms with Crippen molar-refractivity contribution in [1.82, 2.24) is 5.32 Å². The number of benzene rings is 1. The van der Waals surface area contributed by atoms with E-state index in [4.69, 9.17) is 21.1 Å². The summed E-state index contributed by atoms with van der Waals surface area (Å²) >= 11 is 5.76. The lowest BCUT2D eigenvalue weighted by molar-refractivity contribution is -0.131. The molecule has 0 spiro atoms. The second-order valence-corrected chi connectivity index (χ2v) is 4.39. The fraction of sp³-hybridized carbons (Fsp3) is 0.417. The second-order valence-electron chi connectivity index (χ2n) is 3.96. The van der Waals surface area contributed by atoms with Crippen molar-refractivity contribution in [1.29, 1.82) is 0 Å². The van der Waals surface area contributed by atoms with Crippen LogP contribution >= 0.6 is 11.6 Å². The summed E-state index contributed by atoms with van der Waals surface area (Å²) in [6.07, 6.45) is -0.531. The fourth-order valence-corrected chi connectivity index (χ4v) is 1.53. The molecule has 17 heavy (non-hydrogen) atoms. The minimum atomic E-state index is -0.531. The Kier molecular flexibility index (Phi) is 3.86. The van der Waals surface area contributed by atoms with E-state index >= 15 is 0 Å². The predicted molar refractivity (Wildman–Crippen MR) is 64.3 cm³/mol. The van der Waals surface area contributed by atoms with Gasteiger partial charge in [-0.1, -0.05) is 11.6 Å². The molecule has 2 rings (SSSR count). The molecule has 0 aromatic heterocycles. The molecule has 1 atom stereocenters. The number of rotatable bonds is 4. The molecule has 1 amide bonds. The highest BCUT2D eigenvalue weighted by atomic mass is 35.5. The van der Waals surface area contributed by atoms with Gasteiger partial charge in [-0.25, -0.2) is 0 Å². The van der Waals surface area contributed by atoms with Crippen molar-refractivity contribution in [3.63, 3.8) is 0 Å². The average molecular weight is 256 g/mol. The summed E-state index contributed by atoms with van der Waals surface area (Å²) in [7, 11) is 0. The van der Waals surface area contributed by atoms with Gasteiger partial charge in [0.25, 0.3) is 5.91 Å². The average Bonchev–Trinajstić information content (AvgIpc) is 2.26. The third kappa shape index (κ3) is 3.35. The maximum atomic E-state index is 11.7. The maximum Gasteiger partial charge on any atom is 0.261 e. The van der Waals surface area contributed by atoms with Crippen molar-refractivity contribution in [3.8, 4) is 5.75 Å². The van der Waals surface area contributed by atoms with Gasteiger partial charge in [0.05, 0.1) is 19.3 Å². The summed E-state index contributed by atoms with van der Waals surface area (Å²) in [5.74, 6) is 0.496. The second kappa shape index (κ2) is 5.38. The molecular weight excluding hydrogens is 242 g/mol. The summed E-state index contributed by atoms with van der Waals surface area (Å²) in [6.45, 7) is 2.88. The monoisotopic (exact) mass is 255 g/mol. The van der Waals surface area contributed by atoms with Gasteiger partial charge in [0.15, 0.2) is 6.10 Å². The van der Waals surface area contributed by atoms with Crippen molar-refractivity contribution in [2.24, 2.45) is 0 Å². The van der Waals surface area contributed by atoms with E-state index < -0.39 is 6.10 Å². The minimum Gasteiger partial charge on any atom is -0.481 e. The molecule has 1 aliphatic rings. The Labute approximate surface area is 105 Å². The highest BCUT2D eigenvalue weighted by Crippen LogP contribution is 2.16. The van der Waals surface area contributed by atoms with Crippen LogP contribution in [0.4, 0.5) is 0 Å². The van der Waals surface area contributed by atoms with E-state index in [0.717, 1.165) is 0 Å². The first-order chi connectivity index (χ1) is 8.15. The molecule has 1 aliphatic heterocycles. The lowest BCUT2D eigenvalue weighted by atomic mass is 10.2. The van der Waals surface area contributed by atoms with E-state index in [2.05, 4.69) is 5.32 Å². The molecule has 0 aliphatic carbocycles. The van der Waals surface area contributed by atoms with Gasteiger partial charge in [-0.2, -0.15) is 0 Å². The van der Waals surface area contributed by atoms with E-state index in [1.807, 2.05) is 0 Å². The molecule has 4 nitrogen and oxygen atoms in total. The zero-order valence-electron chi connectivity index (χ0n) is 9.48. The van der Waals surface area contributed by atoms with Crippen LogP contribution in [0.3, 0.4) is 0 Å².